The summed E-state index contributed by atoms with van der Waals surface area (Å²) >= 11 is 0. The lowest BCUT2D eigenvalue weighted by Crippen LogP contribution is -2.39. The summed E-state index contributed by atoms with van der Waals surface area (Å²) in [6, 6.07) is 0. The lowest BCUT2D eigenvalue weighted by Gasteiger charge is -2.27. The smallest absolute Gasteiger partial charge is 0.0702 e. The van der Waals surface area contributed by atoms with Gasteiger partial charge in [0, 0.05) is 40.0 Å². The molecule has 100 valence electrons. The minimum absolute atomic E-state index is 0.424. The van der Waals surface area contributed by atoms with E-state index in [1.54, 1.807) is 7.11 Å². The maximum absolute atomic E-state index is 5.70. The Morgan fingerprint density at radius 1 is 1.06 bits per heavy atom. The van der Waals surface area contributed by atoms with Crippen LogP contribution in [0.2, 0.25) is 0 Å². The van der Waals surface area contributed by atoms with Crippen LogP contribution in [0.1, 0.15) is 25.7 Å². The average molecular weight is 243 g/mol. The largest absolute Gasteiger partial charge is 0.383 e. The highest BCUT2D eigenvalue weighted by Crippen LogP contribution is 2.17. The van der Waals surface area contributed by atoms with E-state index in [0.29, 0.717) is 12.2 Å². The Bertz CT molecular complexity index is 183. The van der Waals surface area contributed by atoms with Crippen molar-refractivity contribution in [1.82, 2.24) is 4.90 Å². The molecule has 0 N–H and O–H groups in total. The van der Waals surface area contributed by atoms with E-state index < -0.39 is 0 Å². The molecule has 0 amide bonds. The SMILES string of the molecule is COCCN(C[C@@H]1CCCO1)C[C@@H]1CCCO1. The van der Waals surface area contributed by atoms with Crippen molar-refractivity contribution >= 4 is 0 Å². The lowest BCUT2D eigenvalue weighted by molar-refractivity contribution is 0.0279. The third kappa shape index (κ3) is 4.54. The monoisotopic (exact) mass is 243 g/mol. The summed E-state index contributed by atoms with van der Waals surface area (Å²) in [5, 5.41) is 0. The molecule has 0 aliphatic carbocycles. The topological polar surface area (TPSA) is 30.9 Å². The van der Waals surface area contributed by atoms with Crippen molar-refractivity contribution in [3.05, 3.63) is 0 Å². The van der Waals surface area contributed by atoms with E-state index in [0.717, 1.165) is 39.5 Å². The van der Waals surface area contributed by atoms with Crippen molar-refractivity contribution in [2.75, 3.05) is 46.6 Å². The molecule has 0 aromatic carbocycles. The Hall–Kier alpha value is -0.160. The third-order valence-electron chi connectivity index (χ3n) is 3.58. The molecule has 2 heterocycles. The van der Waals surface area contributed by atoms with Gasteiger partial charge < -0.3 is 14.2 Å². The van der Waals surface area contributed by atoms with Crippen LogP contribution in [-0.2, 0) is 14.2 Å². The second-order valence-electron chi connectivity index (χ2n) is 5.02. The van der Waals surface area contributed by atoms with Crippen molar-refractivity contribution in [2.45, 2.75) is 37.9 Å². The highest BCUT2D eigenvalue weighted by Gasteiger charge is 2.23. The Morgan fingerprint density at radius 2 is 1.65 bits per heavy atom. The molecule has 2 aliphatic rings. The first-order valence-corrected chi connectivity index (χ1v) is 6.83. The van der Waals surface area contributed by atoms with Crippen LogP contribution in [-0.4, -0.2) is 63.7 Å². The number of rotatable bonds is 7. The standard InChI is InChI=1S/C13H25NO3/c1-15-9-6-14(10-12-4-2-7-16-12)11-13-5-3-8-17-13/h12-13H,2-11H2,1H3/t12-,13-/m0/s1. The molecule has 0 bridgehead atoms. The van der Waals surface area contributed by atoms with Crippen LogP contribution in [0.25, 0.3) is 0 Å². The van der Waals surface area contributed by atoms with Gasteiger partial charge in [0.15, 0.2) is 0 Å². The fourth-order valence-corrected chi connectivity index (χ4v) is 2.63. The van der Waals surface area contributed by atoms with Crippen molar-refractivity contribution in [1.29, 1.82) is 0 Å². The predicted octanol–water partition coefficient (Wildman–Crippen LogP) is 1.29. The second-order valence-corrected chi connectivity index (χ2v) is 5.02. The van der Waals surface area contributed by atoms with Gasteiger partial charge in [0.25, 0.3) is 0 Å². The van der Waals surface area contributed by atoms with Crippen molar-refractivity contribution in [3.63, 3.8) is 0 Å². The van der Waals surface area contributed by atoms with Crippen LogP contribution >= 0.6 is 0 Å². The number of hydrogen-bond acceptors (Lipinski definition) is 4. The van der Waals surface area contributed by atoms with E-state index in [9.17, 15) is 0 Å². The molecule has 2 atom stereocenters. The molecular weight excluding hydrogens is 218 g/mol. The zero-order chi connectivity index (χ0) is 11.9. The molecule has 2 rings (SSSR count). The first-order valence-electron chi connectivity index (χ1n) is 6.83. The van der Waals surface area contributed by atoms with Gasteiger partial charge in [-0.05, 0) is 25.7 Å². The van der Waals surface area contributed by atoms with Crippen molar-refractivity contribution in [2.24, 2.45) is 0 Å². The van der Waals surface area contributed by atoms with Gasteiger partial charge in [-0.3, -0.25) is 4.90 Å². The van der Waals surface area contributed by atoms with Crippen LogP contribution in [0.5, 0.6) is 0 Å². The molecule has 2 saturated heterocycles. The van der Waals surface area contributed by atoms with Crippen molar-refractivity contribution < 1.29 is 14.2 Å². The van der Waals surface area contributed by atoms with E-state index in [1.165, 1.54) is 25.7 Å². The number of ether oxygens (including phenoxy) is 3. The zero-order valence-electron chi connectivity index (χ0n) is 10.9. The third-order valence-corrected chi connectivity index (χ3v) is 3.58. The minimum atomic E-state index is 0.424. The summed E-state index contributed by atoms with van der Waals surface area (Å²) in [6.07, 6.45) is 5.68. The maximum atomic E-state index is 5.70. The first-order chi connectivity index (χ1) is 8.38. The molecule has 0 saturated carbocycles. The summed E-state index contributed by atoms with van der Waals surface area (Å²) in [7, 11) is 1.76. The first kappa shape index (κ1) is 13.3. The summed E-state index contributed by atoms with van der Waals surface area (Å²) in [4.78, 5) is 2.44. The molecule has 4 nitrogen and oxygen atoms in total. The van der Waals surface area contributed by atoms with E-state index in [-0.39, 0.29) is 0 Å². The van der Waals surface area contributed by atoms with Crippen LogP contribution in [0.15, 0.2) is 0 Å². The Balaban J connectivity index is 1.74. The number of hydrogen-bond donors (Lipinski definition) is 0. The Kier molecular flexibility index (Phi) is 5.71. The molecular formula is C13H25NO3. The van der Waals surface area contributed by atoms with Gasteiger partial charge in [0.05, 0.1) is 18.8 Å². The predicted molar refractivity (Wildman–Crippen MR) is 66.3 cm³/mol. The molecule has 0 aromatic heterocycles. The molecule has 4 heteroatoms. The summed E-state index contributed by atoms with van der Waals surface area (Å²) in [6.45, 7) is 5.70. The highest BCUT2D eigenvalue weighted by molar-refractivity contribution is 4.75. The molecule has 17 heavy (non-hydrogen) atoms. The van der Waals surface area contributed by atoms with Crippen LogP contribution in [0, 0.1) is 0 Å². The van der Waals surface area contributed by atoms with E-state index in [1.807, 2.05) is 0 Å². The normalized spacial score (nSPS) is 29.3. The molecule has 2 aliphatic heterocycles. The fourth-order valence-electron chi connectivity index (χ4n) is 2.63. The molecule has 0 aromatic rings. The van der Waals surface area contributed by atoms with Gasteiger partial charge in [-0.2, -0.15) is 0 Å². The molecule has 2 fully saturated rings. The van der Waals surface area contributed by atoms with E-state index >= 15 is 0 Å². The second kappa shape index (κ2) is 7.31. The Labute approximate surface area is 104 Å². The van der Waals surface area contributed by atoms with E-state index in [4.69, 9.17) is 14.2 Å². The van der Waals surface area contributed by atoms with Crippen LogP contribution < -0.4 is 0 Å². The van der Waals surface area contributed by atoms with Gasteiger partial charge in [-0.25, -0.2) is 0 Å². The van der Waals surface area contributed by atoms with Gasteiger partial charge in [0.1, 0.15) is 0 Å². The highest BCUT2D eigenvalue weighted by atomic mass is 16.5. The minimum Gasteiger partial charge on any atom is -0.383 e. The zero-order valence-corrected chi connectivity index (χ0v) is 10.9. The van der Waals surface area contributed by atoms with Crippen LogP contribution in [0.4, 0.5) is 0 Å². The lowest BCUT2D eigenvalue weighted by atomic mass is 10.2. The van der Waals surface area contributed by atoms with Gasteiger partial charge in [-0.15, -0.1) is 0 Å². The maximum Gasteiger partial charge on any atom is 0.0702 e. The van der Waals surface area contributed by atoms with Gasteiger partial charge in [0.2, 0.25) is 0 Å². The van der Waals surface area contributed by atoms with E-state index in [2.05, 4.69) is 4.90 Å². The number of nitrogens with zero attached hydrogens (tertiary/aromatic N) is 1. The fraction of sp³-hybridized carbons (Fsp3) is 1.00. The molecule has 0 unspecified atom stereocenters. The summed E-state index contributed by atoms with van der Waals surface area (Å²) in [5.41, 5.74) is 0. The Morgan fingerprint density at radius 3 is 2.06 bits per heavy atom. The number of methoxy groups -OCH3 is 1. The van der Waals surface area contributed by atoms with Gasteiger partial charge in [-0.1, -0.05) is 0 Å². The van der Waals surface area contributed by atoms with Crippen LogP contribution in [0.3, 0.4) is 0 Å². The average Bonchev–Trinajstić information content (AvgIpc) is 2.99. The summed E-state index contributed by atoms with van der Waals surface area (Å²) in [5.74, 6) is 0. The van der Waals surface area contributed by atoms with Gasteiger partial charge >= 0.3 is 0 Å². The van der Waals surface area contributed by atoms with Crippen molar-refractivity contribution in [3.8, 4) is 0 Å². The summed E-state index contributed by atoms with van der Waals surface area (Å²) < 4.78 is 16.6. The molecule has 0 spiro atoms. The molecule has 0 radical (unpaired) electrons. The quantitative estimate of drug-likeness (QED) is 0.674.